The van der Waals surface area contributed by atoms with Gasteiger partial charge >= 0.3 is 0 Å². The molecule has 0 saturated carbocycles. The van der Waals surface area contributed by atoms with E-state index in [1.807, 2.05) is 38.1 Å². The van der Waals surface area contributed by atoms with Gasteiger partial charge in [-0.25, -0.2) is 0 Å². The standard InChI is InChI=1S/C11H15O/c1-9(2)12-10(3)11-7-5-4-6-8-11/h5-10H,1-3H3. The maximum Gasteiger partial charge on any atom is 0.0800 e. The summed E-state index contributed by atoms with van der Waals surface area (Å²) in [7, 11) is 0. The topological polar surface area (TPSA) is 9.23 Å². The van der Waals surface area contributed by atoms with E-state index in [9.17, 15) is 0 Å². The van der Waals surface area contributed by atoms with Crippen molar-refractivity contribution in [1.82, 2.24) is 0 Å². The predicted octanol–water partition coefficient (Wildman–Crippen LogP) is 2.97. The third-order valence-corrected chi connectivity index (χ3v) is 1.69. The molecular formula is C11H15O. The molecule has 0 N–H and O–H groups in total. The van der Waals surface area contributed by atoms with Gasteiger partial charge in [0.1, 0.15) is 0 Å². The molecule has 0 heterocycles. The van der Waals surface area contributed by atoms with Crippen LogP contribution in [0.15, 0.2) is 24.3 Å². The highest BCUT2D eigenvalue weighted by molar-refractivity contribution is 5.16. The largest absolute Gasteiger partial charge is 0.371 e. The van der Waals surface area contributed by atoms with Gasteiger partial charge in [0.2, 0.25) is 0 Å². The van der Waals surface area contributed by atoms with Gasteiger partial charge in [0.15, 0.2) is 0 Å². The Hall–Kier alpha value is -0.820. The summed E-state index contributed by atoms with van der Waals surface area (Å²) in [6, 6.07) is 10.9. The van der Waals surface area contributed by atoms with E-state index >= 15 is 0 Å². The Bertz CT molecular complexity index is 216. The first-order chi connectivity index (χ1) is 5.70. The third kappa shape index (κ3) is 2.67. The van der Waals surface area contributed by atoms with Crippen LogP contribution in [0.25, 0.3) is 0 Å². The molecule has 1 nitrogen and oxygen atoms in total. The maximum absolute atomic E-state index is 5.62. The Morgan fingerprint density at radius 1 is 1.17 bits per heavy atom. The Labute approximate surface area is 74.4 Å². The molecule has 1 aromatic rings. The molecule has 1 aromatic carbocycles. The van der Waals surface area contributed by atoms with Crippen molar-refractivity contribution in [3.05, 3.63) is 35.9 Å². The Morgan fingerprint density at radius 2 is 1.75 bits per heavy atom. The van der Waals surface area contributed by atoms with Crippen molar-refractivity contribution in [1.29, 1.82) is 0 Å². The van der Waals surface area contributed by atoms with Gasteiger partial charge < -0.3 is 4.74 Å². The highest BCUT2D eigenvalue weighted by Crippen LogP contribution is 2.17. The zero-order chi connectivity index (χ0) is 8.97. The lowest BCUT2D eigenvalue weighted by molar-refractivity contribution is 0.0178. The van der Waals surface area contributed by atoms with Crippen molar-refractivity contribution in [3.8, 4) is 0 Å². The fourth-order valence-corrected chi connectivity index (χ4v) is 1.16. The van der Waals surface area contributed by atoms with Crippen molar-refractivity contribution in [2.45, 2.75) is 33.0 Å². The lowest BCUT2D eigenvalue weighted by Crippen LogP contribution is -2.06. The van der Waals surface area contributed by atoms with Crippen LogP contribution < -0.4 is 0 Å². The van der Waals surface area contributed by atoms with E-state index in [2.05, 4.69) is 13.0 Å². The predicted molar refractivity (Wildman–Crippen MR) is 49.9 cm³/mol. The van der Waals surface area contributed by atoms with Crippen LogP contribution in [0.2, 0.25) is 0 Å². The average molecular weight is 163 g/mol. The van der Waals surface area contributed by atoms with Crippen molar-refractivity contribution in [2.75, 3.05) is 0 Å². The van der Waals surface area contributed by atoms with Crippen LogP contribution >= 0.6 is 0 Å². The van der Waals surface area contributed by atoms with Crippen LogP contribution in [-0.2, 0) is 4.74 Å². The number of benzene rings is 1. The van der Waals surface area contributed by atoms with Crippen LogP contribution in [-0.4, -0.2) is 6.10 Å². The molecule has 1 atom stereocenters. The normalized spacial score (nSPS) is 13.3. The van der Waals surface area contributed by atoms with Gasteiger partial charge in [-0.2, -0.15) is 0 Å². The number of hydrogen-bond donors (Lipinski definition) is 0. The summed E-state index contributed by atoms with van der Waals surface area (Å²) in [5, 5.41) is 0. The molecule has 0 saturated heterocycles. The molecule has 0 aliphatic carbocycles. The highest BCUT2D eigenvalue weighted by atomic mass is 16.5. The Balaban J connectivity index is 2.59. The third-order valence-electron chi connectivity index (χ3n) is 1.69. The Kier molecular flexibility index (Phi) is 3.30. The summed E-state index contributed by atoms with van der Waals surface area (Å²) in [4.78, 5) is 0. The molecule has 1 unspecified atom stereocenters. The second kappa shape index (κ2) is 4.27. The molecule has 65 valence electrons. The molecule has 1 heteroatoms. The molecule has 12 heavy (non-hydrogen) atoms. The molecule has 0 aliphatic heterocycles. The lowest BCUT2D eigenvalue weighted by Gasteiger charge is -2.15. The molecule has 1 rings (SSSR count). The van der Waals surface area contributed by atoms with E-state index in [1.54, 1.807) is 0 Å². The van der Waals surface area contributed by atoms with Crippen LogP contribution in [0.3, 0.4) is 0 Å². The second-order valence-corrected chi connectivity index (χ2v) is 3.16. The fourth-order valence-electron chi connectivity index (χ4n) is 1.16. The molecule has 0 fully saturated rings. The van der Waals surface area contributed by atoms with Crippen molar-refractivity contribution in [3.63, 3.8) is 0 Å². The minimum Gasteiger partial charge on any atom is -0.371 e. The van der Waals surface area contributed by atoms with Crippen LogP contribution in [0.5, 0.6) is 0 Å². The van der Waals surface area contributed by atoms with Gasteiger partial charge in [-0.15, -0.1) is 0 Å². The molecule has 1 radical (unpaired) electrons. The maximum atomic E-state index is 5.62. The monoisotopic (exact) mass is 163 g/mol. The summed E-state index contributed by atoms with van der Waals surface area (Å²) in [6.07, 6.45) is 0.462. The summed E-state index contributed by atoms with van der Waals surface area (Å²) >= 11 is 0. The smallest absolute Gasteiger partial charge is 0.0800 e. The van der Waals surface area contributed by atoms with Crippen LogP contribution in [0.4, 0.5) is 0 Å². The molecule has 0 aromatic heterocycles. The van der Waals surface area contributed by atoms with Gasteiger partial charge in [0, 0.05) is 0 Å². The first kappa shape index (κ1) is 9.27. The molecule has 0 spiro atoms. The second-order valence-electron chi connectivity index (χ2n) is 3.16. The van der Waals surface area contributed by atoms with Gasteiger partial charge in [0.25, 0.3) is 0 Å². The number of rotatable bonds is 3. The van der Waals surface area contributed by atoms with Gasteiger partial charge in [-0.3, -0.25) is 0 Å². The van der Waals surface area contributed by atoms with Crippen molar-refractivity contribution >= 4 is 0 Å². The van der Waals surface area contributed by atoms with E-state index in [0.29, 0.717) is 0 Å². The molecular weight excluding hydrogens is 148 g/mol. The first-order valence-corrected chi connectivity index (χ1v) is 4.31. The van der Waals surface area contributed by atoms with Crippen molar-refractivity contribution < 1.29 is 4.74 Å². The van der Waals surface area contributed by atoms with E-state index in [4.69, 9.17) is 4.74 Å². The fraction of sp³-hybridized carbons (Fsp3) is 0.455. The lowest BCUT2D eigenvalue weighted by atomic mass is 10.1. The average Bonchev–Trinajstić information content (AvgIpc) is 2.05. The highest BCUT2D eigenvalue weighted by Gasteiger charge is 2.05. The first-order valence-electron chi connectivity index (χ1n) is 4.31. The SMILES string of the molecule is CC(C)OC(C)c1cc[c]cc1. The van der Waals surface area contributed by atoms with E-state index in [-0.39, 0.29) is 12.2 Å². The minimum atomic E-state index is 0.180. The quantitative estimate of drug-likeness (QED) is 0.665. The number of ether oxygens (including phenoxy) is 1. The minimum absolute atomic E-state index is 0.180. The summed E-state index contributed by atoms with van der Waals surface area (Å²) in [5.41, 5.74) is 1.21. The Morgan fingerprint density at radius 3 is 2.25 bits per heavy atom. The van der Waals surface area contributed by atoms with E-state index in [1.165, 1.54) is 5.56 Å². The molecule has 0 aliphatic rings. The van der Waals surface area contributed by atoms with E-state index in [0.717, 1.165) is 0 Å². The number of hydrogen-bond acceptors (Lipinski definition) is 1. The van der Waals surface area contributed by atoms with Gasteiger partial charge in [0.05, 0.1) is 12.2 Å². The van der Waals surface area contributed by atoms with Crippen molar-refractivity contribution in [2.24, 2.45) is 0 Å². The molecule has 0 amide bonds. The zero-order valence-electron chi connectivity index (χ0n) is 7.87. The summed E-state index contributed by atoms with van der Waals surface area (Å²) < 4.78 is 5.62. The van der Waals surface area contributed by atoms with Gasteiger partial charge in [-0.05, 0) is 32.4 Å². The molecule has 0 bridgehead atoms. The van der Waals surface area contributed by atoms with Crippen LogP contribution in [0, 0.1) is 6.07 Å². The van der Waals surface area contributed by atoms with Crippen LogP contribution in [0.1, 0.15) is 32.4 Å². The summed E-state index contributed by atoms with van der Waals surface area (Å²) in [5.74, 6) is 0. The summed E-state index contributed by atoms with van der Waals surface area (Å²) in [6.45, 7) is 6.16. The zero-order valence-corrected chi connectivity index (χ0v) is 7.87. The van der Waals surface area contributed by atoms with Gasteiger partial charge in [-0.1, -0.05) is 24.3 Å². The van der Waals surface area contributed by atoms with E-state index < -0.39 is 0 Å².